The van der Waals surface area contributed by atoms with Crippen molar-refractivity contribution in [1.82, 2.24) is 0 Å². The Morgan fingerprint density at radius 1 is 1.03 bits per heavy atom. The Morgan fingerprint density at radius 2 is 1.77 bits per heavy atom. The van der Waals surface area contributed by atoms with Crippen molar-refractivity contribution < 1.29 is 14.3 Å². The first-order valence-corrected chi connectivity index (χ1v) is 12.4. The van der Waals surface area contributed by atoms with Gasteiger partial charge in [0.2, 0.25) is 0 Å². The second-order valence-corrected chi connectivity index (χ2v) is 12.5. The fourth-order valence-electron chi connectivity index (χ4n) is 9.22. The molecule has 0 spiro atoms. The Kier molecular flexibility index (Phi) is 5.48. The van der Waals surface area contributed by atoms with Gasteiger partial charge in [0.05, 0.1) is 12.2 Å². The van der Waals surface area contributed by atoms with Crippen LogP contribution in [0.5, 0.6) is 0 Å². The maximum absolute atomic E-state index is 12.2. The maximum Gasteiger partial charge on any atom is 0.302 e. The zero-order chi connectivity index (χ0) is 21.9. The summed E-state index contributed by atoms with van der Waals surface area (Å²) in [7, 11) is 0. The van der Waals surface area contributed by atoms with E-state index in [-0.39, 0.29) is 33.9 Å². The zero-order valence-electron chi connectivity index (χ0n) is 20.5. The Morgan fingerprint density at radius 3 is 2.47 bits per heavy atom. The average molecular weight is 417 g/mol. The van der Waals surface area contributed by atoms with Gasteiger partial charge < -0.3 is 9.47 Å². The third-order valence-electron chi connectivity index (χ3n) is 10.1. The molecular formula is C27H44O3. The second-order valence-electron chi connectivity index (χ2n) is 12.5. The van der Waals surface area contributed by atoms with Crippen molar-refractivity contribution in [3.63, 3.8) is 0 Å². The van der Waals surface area contributed by atoms with Crippen molar-refractivity contribution in [2.75, 3.05) is 6.61 Å². The lowest BCUT2D eigenvalue weighted by Gasteiger charge is -2.69. The van der Waals surface area contributed by atoms with Crippen LogP contribution in [0.2, 0.25) is 0 Å². The molecule has 3 nitrogen and oxygen atoms in total. The number of allylic oxidation sites excluding steroid dienone is 1. The van der Waals surface area contributed by atoms with Gasteiger partial charge in [-0.15, -0.1) is 0 Å². The molecule has 0 radical (unpaired) electrons. The molecule has 7 atom stereocenters. The number of hydrogen-bond acceptors (Lipinski definition) is 3. The summed E-state index contributed by atoms with van der Waals surface area (Å²) in [6.07, 6.45) is 11.8. The van der Waals surface area contributed by atoms with Crippen molar-refractivity contribution in [2.24, 2.45) is 34.0 Å². The highest BCUT2D eigenvalue weighted by atomic mass is 16.5. The Balaban J connectivity index is 1.79. The largest absolute Gasteiger partial charge is 0.462 e. The monoisotopic (exact) mass is 416 g/mol. The fraction of sp³-hybridized carbons (Fsp3) is 0.889. The van der Waals surface area contributed by atoms with Crippen LogP contribution in [0.1, 0.15) is 99.8 Å². The molecule has 0 aromatic carbocycles. The van der Waals surface area contributed by atoms with Gasteiger partial charge in [-0.25, -0.2) is 0 Å². The number of fused-ring (bicyclic) bond motifs is 5. The Labute approximate surface area is 184 Å². The van der Waals surface area contributed by atoms with Gasteiger partial charge in [-0.2, -0.15) is 0 Å². The van der Waals surface area contributed by atoms with Crippen LogP contribution in [0.4, 0.5) is 0 Å². The van der Waals surface area contributed by atoms with E-state index in [1.54, 1.807) is 6.92 Å². The number of carbonyl (C=O) groups is 1. The van der Waals surface area contributed by atoms with E-state index in [0.717, 1.165) is 25.9 Å². The molecule has 1 aliphatic heterocycles. The first-order chi connectivity index (χ1) is 13.9. The van der Waals surface area contributed by atoms with Gasteiger partial charge in [-0.1, -0.05) is 45.8 Å². The summed E-state index contributed by atoms with van der Waals surface area (Å²) in [6, 6.07) is 0. The van der Waals surface area contributed by atoms with E-state index in [1.165, 1.54) is 37.7 Å². The number of esters is 1. The third-order valence-corrected chi connectivity index (χ3v) is 10.1. The number of rotatable bonds is 1. The molecule has 3 aliphatic carbocycles. The minimum absolute atomic E-state index is 0.0217. The molecule has 4 aliphatic rings. The maximum atomic E-state index is 12.2. The molecule has 0 bridgehead atoms. The molecule has 30 heavy (non-hydrogen) atoms. The van der Waals surface area contributed by atoms with Crippen LogP contribution in [-0.4, -0.2) is 24.3 Å². The van der Waals surface area contributed by atoms with Gasteiger partial charge in [0, 0.05) is 12.8 Å². The fourth-order valence-corrected chi connectivity index (χ4v) is 9.22. The number of hydrogen-bond donors (Lipinski definition) is 0. The van der Waals surface area contributed by atoms with E-state index >= 15 is 0 Å². The summed E-state index contributed by atoms with van der Waals surface area (Å²) in [5.41, 5.74) is 1.97. The van der Waals surface area contributed by atoms with E-state index in [9.17, 15) is 4.79 Å². The topological polar surface area (TPSA) is 35.5 Å². The normalized spacial score (nSPS) is 49.9. The Hall–Kier alpha value is -0.830. The van der Waals surface area contributed by atoms with Crippen molar-refractivity contribution in [1.29, 1.82) is 0 Å². The molecule has 0 saturated heterocycles. The van der Waals surface area contributed by atoms with Crippen molar-refractivity contribution in [3.05, 3.63) is 11.6 Å². The van der Waals surface area contributed by atoms with Crippen molar-refractivity contribution >= 4 is 5.97 Å². The minimum Gasteiger partial charge on any atom is -0.462 e. The highest BCUT2D eigenvalue weighted by Crippen LogP contribution is 2.70. The van der Waals surface area contributed by atoms with Crippen LogP contribution in [0, 0.1) is 34.0 Å². The van der Waals surface area contributed by atoms with Crippen LogP contribution < -0.4 is 0 Å². The highest BCUT2D eigenvalue weighted by molar-refractivity contribution is 5.66. The van der Waals surface area contributed by atoms with Gasteiger partial charge in [0.15, 0.2) is 0 Å². The lowest BCUT2D eigenvalue weighted by atomic mass is 9.37. The van der Waals surface area contributed by atoms with Gasteiger partial charge >= 0.3 is 5.97 Å². The molecule has 3 saturated carbocycles. The standard InChI is InChI=1S/C27H44O3/c1-18-9-10-22-26(6)17-20(30-19(2)28)23-24(3,4)13-8-14-25(23,5)21(26)11-15-27(22,7)29-16-12-18/h12,20-23H,8-11,13-17H2,1-7H3/b18-12-/t20-,21+,22-,23-,25+,26+,27-/m0/s1. The molecule has 0 aromatic rings. The van der Waals surface area contributed by atoms with E-state index in [4.69, 9.17) is 9.47 Å². The molecule has 0 aromatic heterocycles. The SMILES string of the molecule is CC(=O)O[C@H]1C[C@]2(C)[C@H](CC[C@]3(C)OC/C=C(/C)CC[C@@H]23)[C@@]2(C)CCCC(C)(C)[C@H]12. The second kappa shape index (κ2) is 7.36. The molecule has 3 heteroatoms. The highest BCUT2D eigenvalue weighted by Gasteiger charge is 2.67. The molecule has 1 heterocycles. The van der Waals surface area contributed by atoms with Gasteiger partial charge in [-0.05, 0) is 86.9 Å². The molecule has 0 N–H and O–H groups in total. The van der Waals surface area contributed by atoms with E-state index in [0.29, 0.717) is 17.8 Å². The summed E-state index contributed by atoms with van der Waals surface area (Å²) < 4.78 is 12.8. The van der Waals surface area contributed by atoms with Crippen LogP contribution >= 0.6 is 0 Å². The average Bonchev–Trinajstić information content (AvgIpc) is 2.57. The Bertz CT molecular complexity index is 724. The molecule has 170 valence electrons. The van der Waals surface area contributed by atoms with Crippen molar-refractivity contribution in [2.45, 2.75) is 112 Å². The predicted octanol–water partition coefficient (Wildman–Crippen LogP) is 6.70. The van der Waals surface area contributed by atoms with Crippen LogP contribution in [0.25, 0.3) is 0 Å². The molecular weight excluding hydrogens is 372 g/mol. The molecule has 0 amide bonds. The summed E-state index contributed by atoms with van der Waals surface area (Å²) in [4.78, 5) is 12.2. The van der Waals surface area contributed by atoms with Gasteiger partial charge in [-0.3, -0.25) is 4.79 Å². The van der Waals surface area contributed by atoms with Crippen LogP contribution in [0.15, 0.2) is 11.6 Å². The lowest BCUT2D eigenvalue weighted by molar-refractivity contribution is -0.254. The summed E-state index contributed by atoms with van der Waals surface area (Å²) in [5, 5.41) is 0. The molecule has 3 fully saturated rings. The van der Waals surface area contributed by atoms with E-state index in [2.05, 4.69) is 47.6 Å². The first kappa shape index (κ1) is 22.4. The van der Waals surface area contributed by atoms with Crippen LogP contribution in [0.3, 0.4) is 0 Å². The summed E-state index contributed by atoms with van der Waals surface area (Å²) >= 11 is 0. The summed E-state index contributed by atoms with van der Waals surface area (Å²) in [5.74, 6) is 1.51. The smallest absolute Gasteiger partial charge is 0.302 e. The number of ether oxygens (including phenoxy) is 2. The quantitative estimate of drug-likeness (QED) is 0.352. The van der Waals surface area contributed by atoms with Gasteiger partial charge in [0.25, 0.3) is 0 Å². The first-order valence-electron chi connectivity index (χ1n) is 12.4. The lowest BCUT2D eigenvalue weighted by Crippen LogP contribution is -2.67. The predicted molar refractivity (Wildman–Crippen MR) is 121 cm³/mol. The van der Waals surface area contributed by atoms with Crippen molar-refractivity contribution in [3.8, 4) is 0 Å². The zero-order valence-corrected chi connectivity index (χ0v) is 20.5. The molecule has 4 rings (SSSR count). The van der Waals surface area contributed by atoms with Gasteiger partial charge in [0.1, 0.15) is 6.10 Å². The summed E-state index contributed by atoms with van der Waals surface area (Å²) in [6.45, 7) is 16.9. The molecule has 0 unspecified atom stereocenters. The van der Waals surface area contributed by atoms with E-state index in [1.807, 2.05) is 0 Å². The third kappa shape index (κ3) is 3.38. The van der Waals surface area contributed by atoms with E-state index < -0.39 is 0 Å². The number of carbonyl (C=O) groups excluding carboxylic acids is 1. The minimum atomic E-state index is -0.114. The van der Waals surface area contributed by atoms with Crippen LogP contribution in [-0.2, 0) is 14.3 Å².